The number of methoxy groups -OCH3 is 1. The van der Waals surface area contributed by atoms with Gasteiger partial charge in [0.05, 0.1) is 12.0 Å². The van der Waals surface area contributed by atoms with E-state index in [1.165, 1.54) is 23.5 Å². The summed E-state index contributed by atoms with van der Waals surface area (Å²) in [5.41, 5.74) is 2.09. The van der Waals surface area contributed by atoms with Crippen LogP contribution in [0.5, 0.6) is 5.75 Å². The van der Waals surface area contributed by atoms with Gasteiger partial charge in [-0.15, -0.1) is 11.3 Å². The quantitative estimate of drug-likeness (QED) is 0.568. The minimum absolute atomic E-state index is 0.246. The monoisotopic (exact) mass is 431 g/mol. The number of thiazole rings is 1. The first-order chi connectivity index (χ1) is 13.8. The molecule has 2 N–H and O–H groups in total. The molecule has 1 heterocycles. The van der Waals surface area contributed by atoms with Crippen molar-refractivity contribution < 1.29 is 17.9 Å². The molecule has 152 valence electrons. The summed E-state index contributed by atoms with van der Waals surface area (Å²) >= 11 is 1.30. The number of nitrogens with zero attached hydrogens (tertiary/aromatic N) is 1. The summed E-state index contributed by atoms with van der Waals surface area (Å²) in [5.74, 6) is 0.540. The van der Waals surface area contributed by atoms with E-state index >= 15 is 0 Å². The molecule has 0 atom stereocenters. The Hall–Kier alpha value is -2.91. The van der Waals surface area contributed by atoms with Crippen LogP contribution in [0.1, 0.15) is 16.1 Å². The van der Waals surface area contributed by atoms with Crippen molar-refractivity contribution in [2.24, 2.45) is 0 Å². The van der Waals surface area contributed by atoms with Crippen molar-refractivity contribution in [1.29, 1.82) is 0 Å². The van der Waals surface area contributed by atoms with Gasteiger partial charge < -0.3 is 15.4 Å². The number of anilines is 2. The van der Waals surface area contributed by atoms with Crippen LogP contribution in [0, 0.1) is 0 Å². The third-order valence-electron chi connectivity index (χ3n) is 4.10. The molecule has 0 spiro atoms. The van der Waals surface area contributed by atoms with Crippen molar-refractivity contribution in [1.82, 2.24) is 10.3 Å². The molecule has 3 rings (SSSR count). The number of ether oxygens (including phenoxy) is 1. The van der Waals surface area contributed by atoms with Gasteiger partial charge in [-0.05, 0) is 48.4 Å². The highest BCUT2D eigenvalue weighted by molar-refractivity contribution is 7.90. The second-order valence-electron chi connectivity index (χ2n) is 6.32. The van der Waals surface area contributed by atoms with E-state index in [1.54, 1.807) is 24.6 Å². The minimum Gasteiger partial charge on any atom is -0.497 e. The molecule has 1 aromatic heterocycles. The van der Waals surface area contributed by atoms with Crippen molar-refractivity contribution in [3.05, 3.63) is 65.2 Å². The first kappa shape index (κ1) is 20.8. The second-order valence-corrected chi connectivity index (χ2v) is 9.19. The molecule has 0 aliphatic rings. The Morgan fingerprint density at radius 1 is 1.17 bits per heavy atom. The largest absolute Gasteiger partial charge is 0.497 e. The highest BCUT2D eigenvalue weighted by Gasteiger charge is 2.11. The van der Waals surface area contributed by atoms with E-state index in [1.807, 2.05) is 24.3 Å². The molecular formula is C20H21N3O4S2. The van der Waals surface area contributed by atoms with Crippen molar-refractivity contribution in [3.63, 3.8) is 0 Å². The van der Waals surface area contributed by atoms with Crippen LogP contribution in [0.4, 0.5) is 10.8 Å². The normalized spacial score (nSPS) is 11.1. The van der Waals surface area contributed by atoms with E-state index in [0.717, 1.165) is 17.6 Å². The SMILES string of the molecule is COc1cccc(CCNC(=O)c2csc(Nc3ccc(S(C)(=O)=O)cc3)n2)c1. The molecule has 0 saturated carbocycles. The average Bonchev–Trinajstić information content (AvgIpc) is 3.16. The van der Waals surface area contributed by atoms with Crippen LogP contribution in [0.3, 0.4) is 0 Å². The maximum absolute atomic E-state index is 12.3. The standard InChI is InChI=1S/C20H21N3O4S2/c1-27-16-5-3-4-14(12-16)10-11-21-19(24)18-13-28-20(23-18)22-15-6-8-17(9-7-15)29(2,25)26/h3-9,12-13H,10-11H2,1-2H3,(H,21,24)(H,22,23). The van der Waals surface area contributed by atoms with Crippen molar-refractivity contribution >= 4 is 37.9 Å². The van der Waals surface area contributed by atoms with Gasteiger partial charge in [0.15, 0.2) is 15.0 Å². The summed E-state index contributed by atoms with van der Waals surface area (Å²) in [6, 6.07) is 14.1. The van der Waals surface area contributed by atoms with E-state index in [-0.39, 0.29) is 10.8 Å². The molecule has 0 aliphatic carbocycles. The van der Waals surface area contributed by atoms with Crippen LogP contribution in [-0.4, -0.2) is 39.2 Å². The van der Waals surface area contributed by atoms with Crippen LogP contribution < -0.4 is 15.4 Å². The number of amides is 1. The molecule has 0 unspecified atom stereocenters. The topological polar surface area (TPSA) is 97.4 Å². The van der Waals surface area contributed by atoms with Crippen molar-refractivity contribution in [2.45, 2.75) is 11.3 Å². The zero-order valence-electron chi connectivity index (χ0n) is 16.0. The summed E-state index contributed by atoms with van der Waals surface area (Å²) in [5, 5.41) is 8.15. The fraction of sp³-hybridized carbons (Fsp3) is 0.200. The molecule has 3 aromatic rings. The molecule has 0 bridgehead atoms. The van der Waals surface area contributed by atoms with Gasteiger partial charge in [-0.1, -0.05) is 12.1 Å². The van der Waals surface area contributed by atoms with E-state index in [2.05, 4.69) is 15.6 Å². The number of hydrogen-bond acceptors (Lipinski definition) is 7. The molecule has 0 saturated heterocycles. The smallest absolute Gasteiger partial charge is 0.270 e. The predicted octanol–water partition coefficient (Wildman–Crippen LogP) is 3.27. The first-order valence-electron chi connectivity index (χ1n) is 8.79. The van der Waals surface area contributed by atoms with Gasteiger partial charge in [0, 0.05) is 23.9 Å². The van der Waals surface area contributed by atoms with Gasteiger partial charge in [0.1, 0.15) is 11.4 Å². The summed E-state index contributed by atoms with van der Waals surface area (Å²) in [6.45, 7) is 0.485. The Morgan fingerprint density at radius 3 is 2.62 bits per heavy atom. The molecule has 29 heavy (non-hydrogen) atoms. The average molecular weight is 432 g/mol. The van der Waals surface area contributed by atoms with Gasteiger partial charge in [0.2, 0.25) is 0 Å². The molecule has 1 amide bonds. The highest BCUT2D eigenvalue weighted by atomic mass is 32.2. The Kier molecular flexibility index (Phi) is 6.50. The summed E-state index contributed by atoms with van der Waals surface area (Å²) in [4.78, 5) is 16.8. The van der Waals surface area contributed by atoms with E-state index in [0.29, 0.717) is 29.5 Å². The van der Waals surface area contributed by atoms with Gasteiger partial charge in [0.25, 0.3) is 5.91 Å². The highest BCUT2D eigenvalue weighted by Crippen LogP contribution is 2.22. The number of nitrogens with one attached hydrogen (secondary N) is 2. The number of carbonyl (C=O) groups is 1. The number of rotatable bonds is 8. The van der Waals surface area contributed by atoms with Gasteiger partial charge >= 0.3 is 0 Å². The lowest BCUT2D eigenvalue weighted by Gasteiger charge is -2.06. The summed E-state index contributed by atoms with van der Waals surface area (Å²) in [6.07, 6.45) is 1.85. The maximum atomic E-state index is 12.3. The number of carbonyl (C=O) groups excluding carboxylic acids is 1. The Morgan fingerprint density at radius 2 is 1.93 bits per heavy atom. The third-order valence-corrected chi connectivity index (χ3v) is 5.99. The number of aromatic nitrogens is 1. The maximum Gasteiger partial charge on any atom is 0.270 e. The van der Waals surface area contributed by atoms with Crippen LogP contribution in [0.25, 0.3) is 0 Å². The van der Waals surface area contributed by atoms with Gasteiger partial charge in [-0.3, -0.25) is 4.79 Å². The third kappa shape index (κ3) is 5.78. The first-order valence-corrected chi connectivity index (χ1v) is 11.6. The number of sulfone groups is 1. The fourth-order valence-electron chi connectivity index (χ4n) is 2.58. The lowest BCUT2D eigenvalue weighted by Crippen LogP contribution is -2.26. The van der Waals surface area contributed by atoms with Crippen LogP contribution in [0.15, 0.2) is 58.8 Å². The molecule has 2 aromatic carbocycles. The molecule has 0 radical (unpaired) electrons. The van der Waals surface area contributed by atoms with Crippen LogP contribution >= 0.6 is 11.3 Å². The fourth-order valence-corrected chi connectivity index (χ4v) is 3.92. The zero-order valence-corrected chi connectivity index (χ0v) is 17.6. The van der Waals surface area contributed by atoms with Gasteiger partial charge in [-0.2, -0.15) is 0 Å². The molecule has 0 fully saturated rings. The van der Waals surface area contributed by atoms with Crippen LogP contribution in [-0.2, 0) is 16.3 Å². The van der Waals surface area contributed by atoms with E-state index < -0.39 is 9.84 Å². The Balaban J connectivity index is 1.54. The lowest BCUT2D eigenvalue weighted by molar-refractivity contribution is 0.0950. The molecule has 0 aliphatic heterocycles. The summed E-state index contributed by atoms with van der Waals surface area (Å²) in [7, 11) is -1.61. The Labute approximate surface area is 173 Å². The molecule has 9 heteroatoms. The minimum atomic E-state index is -3.23. The second kappa shape index (κ2) is 9.06. The van der Waals surface area contributed by atoms with E-state index in [4.69, 9.17) is 4.74 Å². The number of benzene rings is 2. The lowest BCUT2D eigenvalue weighted by atomic mass is 10.1. The molecular weight excluding hydrogens is 410 g/mol. The van der Waals surface area contributed by atoms with Crippen LogP contribution in [0.2, 0.25) is 0 Å². The van der Waals surface area contributed by atoms with E-state index in [9.17, 15) is 13.2 Å². The number of hydrogen-bond donors (Lipinski definition) is 2. The summed E-state index contributed by atoms with van der Waals surface area (Å²) < 4.78 is 28.2. The Bertz CT molecular complexity index is 1090. The van der Waals surface area contributed by atoms with Gasteiger partial charge in [-0.25, -0.2) is 13.4 Å². The predicted molar refractivity (Wildman–Crippen MR) is 114 cm³/mol. The molecule has 7 nitrogen and oxygen atoms in total. The van der Waals surface area contributed by atoms with Crippen molar-refractivity contribution in [2.75, 3.05) is 25.2 Å². The van der Waals surface area contributed by atoms with Crippen molar-refractivity contribution in [3.8, 4) is 5.75 Å². The zero-order chi connectivity index (χ0) is 20.9.